The number of nitrogens with zero attached hydrogens (tertiary/aromatic N) is 3. The summed E-state index contributed by atoms with van der Waals surface area (Å²) in [6.07, 6.45) is 1.90. The van der Waals surface area contributed by atoms with Gasteiger partial charge in [0.25, 0.3) is 11.3 Å². The van der Waals surface area contributed by atoms with E-state index >= 15 is 0 Å². The van der Waals surface area contributed by atoms with Crippen molar-refractivity contribution in [3.8, 4) is 11.5 Å². The molecule has 1 aromatic carbocycles. The third-order valence-corrected chi connectivity index (χ3v) is 4.78. The van der Waals surface area contributed by atoms with Crippen molar-refractivity contribution in [3.05, 3.63) is 51.7 Å². The van der Waals surface area contributed by atoms with Crippen LogP contribution < -0.4 is 20.3 Å². The fraction of sp³-hybridized carbons (Fsp3) is 0.368. The Balaban J connectivity index is 1.41. The van der Waals surface area contributed by atoms with Gasteiger partial charge in [-0.2, -0.15) is 4.52 Å². The molecule has 2 N–H and O–H groups in total. The summed E-state index contributed by atoms with van der Waals surface area (Å²) in [5.41, 5.74) is 1.79. The van der Waals surface area contributed by atoms with Gasteiger partial charge in [-0.05, 0) is 38.0 Å². The van der Waals surface area contributed by atoms with Gasteiger partial charge in [-0.3, -0.25) is 14.7 Å². The summed E-state index contributed by atoms with van der Waals surface area (Å²) < 4.78 is 12.4. The minimum Gasteiger partial charge on any atom is -0.486 e. The van der Waals surface area contributed by atoms with Gasteiger partial charge < -0.3 is 14.8 Å². The Bertz CT molecular complexity index is 1090. The first-order valence-electron chi connectivity index (χ1n) is 9.13. The molecule has 0 bridgehead atoms. The number of carbonyl (C=O) groups excluding carboxylic acids is 1. The van der Waals surface area contributed by atoms with Crippen LogP contribution in [0.3, 0.4) is 0 Å². The number of aryl methyl sites for hydroxylation is 1. The zero-order chi connectivity index (χ0) is 19.7. The number of nitrogens with one attached hydrogen (secondary N) is 2. The van der Waals surface area contributed by atoms with Crippen LogP contribution in [0, 0.1) is 6.92 Å². The number of ether oxygens (including phenoxy) is 2. The zero-order valence-corrected chi connectivity index (χ0v) is 15.7. The average molecular weight is 383 g/mol. The standard InChI is InChI=1S/C19H21N5O4/c1-11(13-3-5-15-16(9-13)28-8-7-27-15)22-17(25)6-4-14-12(2)23-19-20-10-21-24(19)18(14)26/h3,5,9-11H,4,6-8H2,1-2H3,(H,22,25)(H,20,21,23)/t11-/m0/s1. The lowest BCUT2D eigenvalue weighted by Gasteiger charge is -2.21. The van der Waals surface area contributed by atoms with Gasteiger partial charge in [-0.1, -0.05) is 6.07 Å². The third-order valence-electron chi connectivity index (χ3n) is 4.78. The minimum absolute atomic E-state index is 0.143. The monoisotopic (exact) mass is 383 g/mol. The van der Waals surface area contributed by atoms with Crippen LogP contribution in [-0.2, 0) is 11.2 Å². The van der Waals surface area contributed by atoms with E-state index in [0.717, 1.165) is 5.56 Å². The maximum absolute atomic E-state index is 12.5. The molecule has 3 aromatic rings. The van der Waals surface area contributed by atoms with Crippen molar-refractivity contribution in [1.82, 2.24) is 24.9 Å². The molecule has 9 heteroatoms. The Morgan fingerprint density at radius 2 is 2.11 bits per heavy atom. The van der Waals surface area contributed by atoms with Gasteiger partial charge in [-0.25, -0.2) is 9.97 Å². The third kappa shape index (κ3) is 3.42. The molecule has 0 saturated carbocycles. The van der Waals surface area contributed by atoms with Crippen LogP contribution in [0.25, 0.3) is 5.78 Å². The Morgan fingerprint density at radius 3 is 2.93 bits per heavy atom. The molecule has 9 nitrogen and oxygen atoms in total. The molecular weight excluding hydrogens is 362 g/mol. The SMILES string of the molecule is Cc1nc2nc[nH]n2c(=O)c1CCC(=O)N[C@@H](C)c1ccc2c(c1)OCCO2. The normalized spacial score (nSPS) is 14.1. The number of hydrogen-bond acceptors (Lipinski definition) is 6. The van der Waals surface area contributed by atoms with E-state index in [1.165, 1.54) is 10.8 Å². The lowest BCUT2D eigenvalue weighted by Crippen LogP contribution is -2.28. The summed E-state index contributed by atoms with van der Waals surface area (Å²) in [4.78, 5) is 33.2. The molecule has 3 heterocycles. The number of rotatable bonds is 5. The fourth-order valence-electron chi connectivity index (χ4n) is 3.25. The van der Waals surface area contributed by atoms with Crippen molar-refractivity contribution in [1.29, 1.82) is 0 Å². The molecule has 2 aromatic heterocycles. The summed E-state index contributed by atoms with van der Waals surface area (Å²) in [5, 5.41) is 5.69. The van der Waals surface area contributed by atoms with E-state index in [1.54, 1.807) is 6.92 Å². The highest BCUT2D eigenvalue weighted by molar-refractivity contribution is 5.76. The van der Waals surface area contributed by atoms with E-state index < -0.39 is 0 Å². The number of aromatic amines is 1. The second-order valence-corrected chi connectivity index (χ2v) is 6.70. The summed E-state index contributed by atoms with van der Waals surface area (Å²) in [5.74, 6) is 1.58. The number of fused-ring (bicyclic) bond motifs is 2. The number of hydrogen-bond donors (Lipinski definition) is 2. The number of benzene rings is 1. The highest BCUT2D eigenvalue weighted by atomic mass is 16.6. The average Bonchev–Trinajstić information content (AvgIpc) is 3.16. The van der Waals surface area contributed by atoms with E-state index in [2.05, 4.69) is 20.4 Å². The second kappa shape index (κ2) is 7.34. The molecule has 28 heavy (non-hydrogen) atoms. The van der Waals surface area contributed by atoms with Crippen molar-refractivity contribution in [3.63, 3.8) is 0 Å². The number of aromatic nitrogens is 4. The van der Waals surface area contributed by atoms with Crippen molar-refractivity contribution >= 4 is 11.7 Å². The van der Waals surface area contributed by atoms with Crippen LogP contribution in [0.2, 0.25) is 0 Å². The van der Waals surface area contributed by atoms with Crippen LogP contribution in [0.4, 0.5) is 0 Å². The van der Waals surface area contributed by atoms with E-state index in [1.807, 2.05) is 25.1 Å². The number of carbonyl (C=O) groups is 1. The molecule has 1 aliphatic rings. The van der Waals surface area contributed by atoms with Gasteiger partial charge in [0.15, 0.2) is 11.5 Å². The first-order chi connectivity index (χ1) is 13.5. The van der Waals surface area contributed by atoms with Gasteiger partial charge in [0.1, 0.15) is 19.5 Å². The minimum atomic E-state index is -0.229. The van der Waals surface area contributed by atoms with Crippen LogP contribution in [-0.4, -0.2) is 38.7 Å². The Kier molecular flexibility index (Phi) is 4.72. The van der Waals surface area contributed by atoms with Crippen molar-refractivity contribution < 1.29 is 14.3 Å². The van der Waals surface area contributed by atoms with Gasteiger partial charge in [0.2, 0.25) is 5.91 Å². The van der Waals surface area contributed by atoms with Gasteiger partial charge in [0.05, 0.1) is 11.7 Å². The highest BCUT2D eigenvalue weighted by Crippen LogP contribution is 2.32. The Morgan fingerprint density at radius 1 is 1.32 bits per heavy atom. The maximum atomic E-state index is 12.5. The molecule has 0 spiro atoms. The first kappa shape index (κ1) is 18.0. The van der Waals surface area contributed by atoms with E-state index in [-0.39, 0.29) is 23.9 Å². The van der Waals surface area contributed by atoms with Crippen LogP contribution in [0.5, 0.6) is 11.5 Å². The van der Waals surface area contributed by atoms with Crippen molar-refractivity contribution in [2.24, 2.45) is 0 Å². The van der Waals surface area contributed by atoms with Crippen LogP contribution >= 0.6 is 0 Å². The summed E-state index contributed by atoms with van der Waals surface area (Å²) in [7, 11) is 0. The summed E-state index contributed by atoms with van der Waals surface area (Å²) >= 11 is 0. The summed E-state index contributed by atoms with van der Waals surface area (Å²) in [6.45, 7) is 4.71. The number of amides is 1. The van der Waals surface area contributed by atoms with E-state index in [9.17, 15) is 9.59 Å². The highest BCUT2D eigenvalue weighted by Gasteiger charge is 2.17. The molecule has 0 unspecified atom stereocenters. The van der Waals surface area contributed by atoms with E-state index in [0.29, 0.717) is 48.2 Å². The lowest BCUT2D eigenvalue weighted by atomic mass is 10.1. The second-order valence-electron chi connectivity index (χ2n) is 6.70. The molecule has 146 valence electrons. The van der Waals surface area contributed by atoms with E-state index in [4.69, 9.17) is 9.47 Å². The molecule has 1 atom stereocenters. The molecule has 0 saturated heterocycles. The summed E-state index contributed by atoms with van der Waals surface area (Å²) in [6, 6.07) is 5.44. The first-order valence-corrected chi connectivity index (χ1v) is 9.13. The smallest absolute Gasteiger partial charge is 0.277 e. The molecule has 0 radical (unpaired) electrons. The topological polar surface area (TPSA) is 111 Å². The van der Waals surface area contributed by atoms with Gasteiger partial charge in [-0.15, -0.1) is 0 Å². The maximum Gasteiger partial charge on any atom is 0.277 e. The number of H-pyrrole nitrogens is 1. The molecule has 0 aliphatic carbocycles. The predicted octanol–water partition coefficient (Wildman–Crippen LogP) is 1.31. The molecule has 0 fully saturated rings. The molecule has 1 aliphatic heterocycles. The van der Waals surface area contributed by atoms with Crippen molar-refractivity contribution in [2.75, 3.05) is 13.2 Å². The largest absolute Gasteiger partial charge is 0.486 e. The van der Waals surface area contributed by atoms with Gasteiger partial charge >= 0.3 is 0 Å². The van der Waals surface area contributed by atoms with Crippen LogP contribution in [0.1, 0.15) is 36.2 Å². The van der Waals surface area contributed by atoms with Crippen LogP contribution in [0.15, 0.2) is 29.3 Å². The fourth-order valence-corrected chi connectivity index (χ4v) is 3.25. The molecular formula is C19H21N5O4. The Labute approximate surface area is 160 Å². The Hall–Kier alpha value is -3.36. The predicted molar refractivity (Wildman–Crippen MR) is 101 cm³/mol. The quantitative estimate of drug-likeness (QED) is 0.687. The molecule has 4 rings (SSSR count). The zero-order valence-electron chi connectivity index (χ0n) is 15.7. The molecule has 1 amide bonds. The van der Waals surface area contributed by atoms with Gasteiger partial charge in [0, 0.05) is 12.0 Å². The lowest BCUT2D eigenvalue weighted by molar-refractivity contribution is -0.121. The van der Waals surface area contributed by atoms with Crippen molar-refractivity contribution in [2.45, 2.75) is 32.7 Å².